The van der Waals surface area contributed by atoms with E-state index in [0.717, 1.165) is 12.1 Å². The monoisotopic (exact) mass is 742 g/mol. The van der Waals surface area contributed by atoms with Crippen LogP contribution in [0.25, 0.3) is 21.5 Å². The highest BCUT2D eigenvalue weighted by molar-refractivity contribution is 7.86. The Morgan fingerprint density at radius 3 is 1.27 bits per heavy atom. The fraction of sp³-hybridized carbons (Fsp3) is 0. The molecule has 0 fully saturated rings. The Labute approximate surface area is 295 Å². The van der Waals surface area contributed by atoms with Gasteiger partial charge in [-0.05, 0) is 83.6 Å². The lowest BCUT2D eigenvalue weighted by molar-refractivity contribution is 0.101. The van der Waals surface area contributed by atoms with Crippen molar-refractivity contribution in [3.05, 3.63) is 120 Å². The van der Waals surface area contributed by atoms with Crippen LogP contribution in [0.1, 0.15) is 20.7 Å². The van der Waals surface area contributed by atoms with E-state index >= 15 is 0 Å². The van der Waals surface area contributed by atoms with Crippen LogP contribution >= 0.6 is 0 Å². The Bertz CT molecular complexity index is 2500. The fourth-order valence-corrected chi connectivity index (χ4v) is 6.35. The van der Waals surface area contributed by atoms with Gasteiger partial charge in [-0.2, -0.15) is 16.8 Å². The van der Waals surface area contributed by atoms with Gasteiger partial charge in [-0.25, -0.2) is 4.79 Å². The standard InChI is InChI=1S/C35H26N4O11S2/c40-29-13-7-19-17-25(51(45,46)47)9-11-27(19)31(29)38-33(42)21-3-1-5-23(15-21)36-35(44)37-24-6-2-4-22(16-24)34(43)39-32-28-12-10-26(52(48,49)50)18-20(28)8-14-30(32)41/h1-18,40-41H,(H,38,42)(H,39,43)(H2,36,37,44)(H,45,46,47)(H,48,49,50). The third-order valence-corrected chi connectivity index (χ3v) is 9.48. The summed E-state index contributed by atoms with van der Waals surface area (Å²) in [5.41, 5.74) is 0.588. The lowest BCUT2D eigenvalue weighted by Crippen LogP contribution is -2.20. The van der Waals surface area contributed by atoms with Gasteiger partial charge in [0.15, 0.2) is 0 Å². The van der Waals surface area contributed by atoms with E-state index in [4.69, 9.17) is 0 Å². The first kappa shape index (κ1) is 35.3. The average molecular weight is 743 g/mol. The fourth-order valence-electron chi connectivity index (χ4n) is 5.32. The summed E-state index contributed by atoms with van der Waals surface area (Å²) in [4.78, 5) is 38.5. The molecule has 8 N–H and O–H groups in total. The number of carbonyl (C=O) groups is 3. The minimum absolute atomic E-state index is 0.00800. The molecule has 0 unspecified atom stereocenters. The molecule has 17 heteroatoms. The van der Waals surface area contributed by atoms with Crippen molar-refractivity contribution in [2.24, 2.45) is 0 Å². The normalized spacial score (nSPS) is 11.6. The van der Waals surface area contributed by atoms with Crippen LogP contribution in [-0.4, -0.2) is 54.0 Å². The number of hydrogen-bond acceptors (Lipinski definition) is 9. The summed E-state index contributed by atoms with van der Waals surface area (Å²) in [6, 6.07) is 23.6. The molecule has 0 heterocycles. The zero-order chi connectivity index (χ0) is 37.4. The van der Waals surface area contributed by atoms with E-state index < -0.39 is 38.1 Å². The summed E-state index contributed by atoms with van der Waals surface area (Å²) in [7, 11) is -8.97. The van der Waals surface area contributed by atoms with Gasteiger partial charge in [0.2, 0.25) is 0 Å². The lowest BCUT2D eigenvalue weighted by atomic mass is 10.1. The Balaban J connectivity index is 1.14. The van der Waals surface area contributed by atoms with Crippen LogP contribution in [0.4, 0.5) is 27.5 Å². The zero-order valence-corrected chi connectivity index (χ0v) is 28.0. The number of phenolic OH excluding ortho intramolecular Hbond substituents is 2. The molecule has 0 aliphatic rings. The second kappa shape index (κ2) is 13.6. The third kappa shape index (κ3) is 7.62. The maximum Gasteiger partial charge on any atom is 0.323 e. The quantitative estimate of drug-likeness (QED) is 0.0659. The number of phenols is 2. The zero-order valence-electron chi connectivity index (χ0n) is 26.4. The van der Waals surface area contributed by atoms with Gasteiger partial charge in [0.1, 0.15) is 11.5 Å². The third-order valence-electron chi connectivity index (χ3n) is 7.78. The molecule has 0 spiro atoms. The number of aromatic hydroxyl groups is 2. The molecular formula is C35H26N4O11S2. The maximum absolute atomic E-state index is 13.2. The second-order valence-corrected chi connectivity index (χ2v) is 14.1. The van der Waals surface area contributed by atoms with Crippen LogP contribution < -0.4 is 21.3 Å². The SMILES string of the molecule is O=C(Nc1cccc(C(=O)Nc2c(O)ccc3cc(S(=O)(=O)O)ccc23)c1)Nc1cccc(C(=O)Nc2c(O)ccc3cc(S(=O)(=O)O)ccc23)c1. The molecule has 0 atom stereocenters. The van der Waals surface area contributed by atoms with Crippen LogP contribution in [0.5, 0.6) is 11.5 Å². The molecule has 0 saturated carbocycles. The van der Waals surface area contributed by atoms with E-state index in [9.17, 15) is 50.5 Å². The molecule has 0 bridgehead atoms. The largest absolute Gasteiger partial charge is 0.506 e. The van der Waals surface area contributed by atoms with Crippen molar-refractivity contribution in [2.45, 2.75) is 9.79 Å². The van der Waals surface area contributed by atoms with Crippen molar-refractivity contribution in [3.63, 3.8) is 0 Å². The van der Waals surface area contributed by atoms with Gasteiger partial charge in [-0.1, -0.05) is 36.4 Å². The highest BCUT2D eigenvalue weighted by atomic mass is 32.2. The van der Waals surface area contributed by atoms with E-state index in [2.05, 4.69) is 21.3 Å². The highest BCUT2D eigenvalue weighted by Gasteiger charge is 2.18. The lowest BCUT2D eigenvalue weighted by Gasteiger charge is -2.13. The van der Waals surface area contributed by atoms with Crippen molar-refractivity contribution >= 4 is 82.4 Å². The maximum atomic E-state index is 13.2. The molecule has 4 amide bonds. The summed E-state index contributed by atoms with van der Waals surface area (Å²) >= 11 is 0. The Kier molecular flexibility index (Phi) is 9.26. The van der Waals surface area contributed by atoms with Crippen molar-refractivity contribution in [2.75, 3.05) is 21.3 Å². The summed E-state index contributed by atoms with van der Waals surface area (Å²) in [6.45, 7) is 0. The van der Waals surface area contributed by atoms with Gasteiger partial charge in [0.05, 0.1) is 21.2 Å². The molecular weight excluding hydrogens is 717 g/mol. The van der Waals surface area contributed by atoms with Gasteiger partial charge in [-0.15, -0.1) is 0 Å². The van der Waals surface area contributed by atoms with Crippen molar-refractivity contribution < 1.29 is 50.5 Å². The Morgan fingerprint density at radius 1 is 0.481 bits per heavy atom. The molecule has 6 rings (SSSR count). The van der Waals surface area contributed by atoms with Crippen LogP contribution in [0.3, 0.4) is 0 Å². The number of urea groups is 1. The number of hydrogen-bond donors (Lipinski definition) is 8. The van der Waals surface area contributed by atoms with Gasteiger partial charge < -0.3 is 31.5 Å². The molecule has 0 aliphatic heterocycles. The summed E-state index contributed by atoms with van der Waals surface area (Å²) in [5.74, 6) is -1.93. The van der Waals surface area contributed by atoms with E-state index in [1.807, 2.05) is 0 Å². The molecule has 0 aromatic heterocycles. The smallest absolute Gasteiger partial charge is 0.323 e. The van der Waals surface area contributed by atoms with E-state index in [0.29, 0.717) is 21.5 Å². The predicted molar refractivity (Wildman–Crippen MR) is 192 cm³/mol. The van der Waals surface area contributed by atoms with Gasteiger partial charge >= 0.3 is 6.03 Å². The number of nitrogens with one attached hydrogen (secondary N) is 4. The molecule has 0 saturated heterocycles. The molecule has 52 heavy (non-hydrogen) atoms. The van der Waals surface area contributed by atoms with Gasteiger partial charge in [0, 0.05) is 33.3 Å². The molecule has 264 valence electrons. The minimum Gasteiger partial charge on any atom is -0.506 e. The summed E-state index contributed by atoms with van der Waals surface area (Å²) in [6.07, 6.45) is 0. The van der Waals surface area contributed by atoms with E-state index in [1.165, 1.54) is 97.1 Å². The predicted octanol–water partition coefficient (Wildman–Crippen LogP) is 6.05. The molecule has 0 radical (unpaired) electrons. The number of benzene rings is 6. The van der Waals surface area contributed by atoms with Crippen LogP contribution in [-0.2, 0) is 20.2 Å². The van der Waals surface area contributed by atoms with Crippen molar-refractivity contribution in [1.82, 2.24) is 0 Å². The van der Waals surface area contributed by atoms with Crippen LogP contribution in [0.2, 0.25) is 0 Å². The average Bonchev–Trinajstić information content (AvgIpc) is 3.09. The number of fused-ring (bicyclic) bond motifs is 2. The molecule has 6 aromatic rings. The van der Waals surface area contributed by atoms with E-state index in [-0.39, 0.29) is 55.2 Å². The minimum atomic E-state index is -4.48. The molecule has 6 aromatic carbocycles. The van der Waals surface area contributed by atoms with Crippen LogP contribution in [0.15, 0.2) is 119 Å². The Morgan fingerprint density at radius 2 is 0.885 bits per heavy atom. The first-order valence-electron chi connectivity index (χ1n) is 14.9. The number of amides is 4. The number of carbonyl (C=O) groups excluding carboxylic acids is 3. The topological polar surface area (TPSA) is 249 Å². The summed E-state index contributed by atoms with van der Waals surface area (Å²) < 4.78 is 64.9. The Hall–Kier alpha value is -6.53. The summed E-state index contributed by atoms with van der Waals surface area (Å²) in [5, 5.41) is 32.5. The van der Waals surface area contributed by atoms with Crippen molar-refractivity contribution in [1.29, 1.82) is 0 Å². The van der Waals surface area contributed by atoms with Gasteiger partial charge in [0.25, 0.3) is 32.1 Å². The van der Waals surface area contributed by atoms with E-state index in [1.54, 1.807) is 0 Å². The number of rotatable bonds is 8. The van der Waals surface area contributed by atoms with Crippen molar-refractivity contribution in [3.8, 4) is 11.5 Å². The van der Waals surface area contributed by atoms with Gasteiger partial charge in [-0.3, -0.25) is 18.7 Å². The number of anilines is 4. The molecule has 15 nitrogen and oxygen atoms in total. The first-order valence-corrected chi connectivity index (χ1v) is 17.8. The van der Waals surface area contributed by atoms with Crippen LogP contribution in [0, 0.1) is 0 Å². The highest BCUT2D eigenvalue weighted by Crippen LogP contribution is 2.35. The molecule has 0 aliphatic carbocycles. The second-order valence-electron chi connectivity index (χ2n) is 11.3. The first-order chi connectivity index (χ1) is 24.6.